The van der Waals surface area contributed by atoms with Crippen LogP contribution in [0.4, 0.5) is 0 Å². The van der Waals surface area contributed by atoms with Gasteiger partial charge in [-0.2, -0.15) is 0 Å². The van der Waals surface area contributed by atoms with E-state index in [-0.39, 0.29) is 17.2 Å². The molecule has 3 heterocycles. The average molecular weight is 432 g/mol. The Morgan fingerprint density at radius 2 is 1.81 bits per heavy atom. The number of aryl methyl sites for hydroxylation is 2. The number of fused-ring (bicyclic) bond motifs is 1. The maximum atomic E-state index is 12.9. The maximum absolute atomic E-state index is 12.9. The lowest BCUT2D eigenvalue weighted by molar-refractivity contribution is 0.0688. The van der Waals surface area contributed by atoms with Crippen molar-refractivity contribution in [3.63, 3.8) is 0 Å². The lowest BCUT2D eigenvalue weighted by atomic mass is 9.84. The molecule has 1 aliphatic rings. The average Bonchev–Trinajstić information content (AvgIpc) is 3.35. The number of carbonyl (C=O) groups is 1. The molecule has 0 bridgehead atoms. The van der Waals surface area contributed by atoms with E-state index >= 15 is 0 Å². The number of nitrogens with one attached hydrogen (secondary N) is 1. The van der Waals surface area contributed by atoms with E-state index in [2.05, 4.69) is 10.3 Å². The smallest absolute Gasteiger partial charge is 0.354 e. The van der Waals surface area contributed by atoms with Gasteiger partial charge in [0.15, 0.2) is 5.65 Å². The molecular weight excluding hydrogens is 408 g/mol. The third-order valence-electron chi connectivity index (χ3n) is 6.38. The van der Waals surface area contributed by atoms with E-state index in [0.29, 0.717) is 16.9 Å². The molecule has 0 atom stereocenters. The Hall–Kier alpha value is -3.68. The predicted molar refractivity (Wildman–Crippen MR) is 119 cm³/mol. The topological polar surface area (TPSA) is 113 Å². The molecule has 1 saturated carbocycles. The van der Waals surface area contributed by atoms with Crippen molar-refractivity contribution in [2.75, 3.05) is 0 Å². The van der Waals surface area contributed by atoms with Gasteiger partial charge in [0.25, 0.3) is 5.56 Å². The van der Waals surface area contributed by atoms with Gasteiger partial charge in [-0.1, -0.05) is 48.7 Å². The van der Waals surface area contributed by atoms with Crippen LogP contribution in [0.15, 0.2) is 39.6 Å². The van der Waals surface area contributed by atoms with E-state index in [0.717, 1.165) is 60.2 Å². The first-order valence-electron chi connectivity index (χ1n) is 10.9. The number of aromatic carboxylic acids is 1. The van der Waals surface area contributed by atoms with E-state index in [9.17, 15) is 14.7 Å². The van der Waals surface area contributed by atoms with Gasteiger partial charge >= 0.3 is 5.97 Å². The zero-order valence-corrected chi connectivity index (χ0v) is 18.0. The Morgan fingerprint density at radius 1 is 1.12 bits per heavy atom. The minimum Gasteiger partial charge on any atom is -0.477 e. The van der Waals surface area contributed by atoms with Crippen molar-refractivity contribution in [2.24, 2.45) is 0 Å². The summed E-state index contributed by atoms with van der Waals surface area (Å²) in [5, 5.41) is 16.5. The van der Waals surface area contributed by atoms with E-state index in [1.54, 1.807) is 0 Å². The summed E-state index contributed by atoms with van der Waals surface area (Å²) in [7, 11) is 0. The molecule has 3 aromatic heterocycles. The quantitative estimate of drug-likeness (QED) is 0.483. The second kappa shape index (κ2) is 7.78. The lowest BCUT2D eigenvalue weighted by Gasteiger charge is -2.21. The van der Waals surface area contributed by atoms with Crippen LogP contribution in [-0.2, 0) is 0 Å². The summed E-state index contributed by atoms with van der Waals surface area (Å²) in [5.41, 5.74) is 4.84. The Bertz CT molecular complexity index is 1350. The number of carboxylic acid groups (broad SMARTS) is 1. The van der Waals surface area contributed by atoms with E-state index in [1.807, 2.05) is 38.1 Å². The highest BCUT2D eigenvalue weighted by Gasteiger charge is 2.28. The molecule has 1 fully saturated rings. The van der Waals surface area contributed by atoms with Crippen molar-refractivity contribution < 1.29 is 14.4 Å². The summed E-state index contributed by atoms with van der Waals surface area (Å²) in [6.07, 6.45) is 5.06. The number of carboxylic acids is 1. The van der Waals surface area contributed by atoms with Crippen molar-refractivity contribution in [1.29, 1.82) is 0 Å². The minimum absolute atomic E-state index is 0.0624. The normalized spacial score (nSPS) is 14.8. The Morgan fingerprint density at radius 3 is 2.44 bits per heavy atom. The number of hydrogen-bond acceptors (Lipinski definition) is 5. The molecule has 1 aliphatic carbocycles. The number of H-pyrrole nitrogens is 1. The molecular formula is C24H24N4O4. The van der Waals surface area contributed by atoms with Crippen LogP contribution in [0, 0.1) is 13.8 Å². The molecule has 4 aromatic rings. The van der Waals surface area contributed by atoms with E-state index < -0.39 is 5.97 Å². The third-order valence-corrected chi connectivity index (χ3v) is 6.38. The monoisotopic (exact) mass is 432 g/mol. The predicted octanol–water partition coefficient (Wildman–Crippen LogP) is 4.71. The molecule has 32 heavy (non-hydrogen) atoms. The summed E-state index contributed by atoms with van der Waals surface area (Å²) in [6, 6.07) is 9.15. The highest BCUT2D eigenvalue weighted by atomic mass is 16.5. The van der Waals surface area contributed by atoms with Gasteiger partial charge in [-0.15, -0.1) is 0 Å². The van der Waals surface area contributed by atoms with Crippen LogP contribution in [0.2, 0.25) is 0 Å². The number of rotatable bonds is 4. The number of aromatic amines is 1. The van der Waals surface area contributed by atoms with Crippen molar-refractivity contribution >= 4 is 11.6 Å². The van der Waals surface area contributed by atoms with Crippen LogP contribution in [0.3, 0.4) is 0 Å². The van der Waals surface area contributed by atoms with Gasteiger partial charge in [0.2, 0.25) is 0 Å². The van der Waals surface area contributed by atoms with Gasteiger partial charge in [0.05, 0.1) is 11.4 Å². The van der Waals surface area contributed by atoms with Gasteiger partial charge in [-0.3, -0.25) is 9.89 Å². The Labute approximate surface area is 183 Å². The van der Waals surface area contributed by atoms with Crippen molar-refractivity contribution in [3.8, 4) is 22.4 Å². The number of benzene rings is 1. The van der Waals surface area contributed by atoms with Crippen LogP contribution < -0.4 is 5.56 Å². The summed E-state index contributed by atoms with van der Waals surface area (Å²) in [6.45, 7) is 3.77. The first-order valence-corrected chi connectivity index (χ1v) is 10.9. The second-order valence-electron chi connectivity index (χ2n) is 8.46. The molecule has 0 saturated heterocycles. The molecule has 8 heteroatoms. The van der Waals surface area contributed by atoms with Crippen molar-refractivity contribution in [3.05, 3.63) is 63.4 Å². The van der Waals surface area contributed by atoms with Crippen molar-refractivity contribution in [1.82, 2.24) is 19.8 Å². The summed E-state index contributed by atoms with van der Waals surface area (Å²) in [4.78, 5) is 29.5. The molecule has 1 aromatic carbocycles. The molecule has 0 unspecified atom stereocenters. The lowest BCUT2D eigenvalue weighted by Crippen LogP contribution is -2.15. The fourth-order valence-corrected chi connectivity index (χ4v) is 4.85. The molecule has 0 spiro atoms. The number of hydrogen-bond donors (Lipinski definition) is 2. The van der Waals surface area contributed by atoms with E-state index in [4.69, 9.17) is 9.51 Å². The standard InChI is InChI=1S/C24H24N4O4/c1-13-20(14(2)32-27-13)17-10-8-15(9-11-17)18-12-19(29)28-23(25-18)21(22(26-28)24(30)31)16-6-4-3-5-7-16/h8-12,16,26H,3-7H2,1-2H3,(H,30,31). The zero-order chi connectivity index (χ0) is 22.4. The highest BCUT2D eigenvalue weighted by molar-refractivity contribution is 5.90. The van der Waals surface area contributed by atoms with Crippen LogP contribution in [0.5, 0.6) is 0 Å². The SMILES string of the molecule is Cc1noc(C)c1-c1ccc(-c2cc(=O)n3[nH]c(C(=O)O)c(C4CCCCC4)c3n2)cc1. The largest absolute Gasteiger partial charge is 0.477 e. The first-order chi connectivity index (χ1) is 15.4. The van der Waals surface area contributed by atoms with Gasteiger partial charge < -0.3 is 9.63 Å². The molecule has 5 rings (SSSR count). The van der Waals surface area contributed by atoms with Gasteiger partial charge in [0, 0.05) is 22.8 Å². The molecule has 8 nitrogen and oxygen atoms in total. The van der Waals surface area contributed by atoms with Gasteiger partial charge in [-0.25, -0.2) is 14.3 Å². The highest BCUT2D eigenvalue weighted by Crippen LogP contribution is 2.36. The van der Waals surface area contributed by atoms with Crippen LogP contribution in [0.25, 0.3) is 28.0 Å². The van der Waals surface area contributed by atoms with Crippen molar-refractivity contribution in [2.45, 2.75) is 51.9 Å². The van der Waals surface area contributed by atoms with Crippen LogP contribution in [-0.4, -0.2) is 30.8 Å². The Balaban J connectivity index is 1.62. The fraction of sp³-hybridized carbons (Fsp3) is 0.333. The summed E-state index contributed by atoms with van der Waals surface area (Å²) < 4.78 is 6.52. The first kappa shape index (κ1) is 20.2. The summed E-state index contributed by atoms with van der Waals surface area (Å²) in [5.74, 6) is -0.236. The number of aromatic nitrogens is 4. The zero-order valence-electron chi connectivity index (χ0n) is 18.0. The van der Waals surface area contributed by atoms with Crippen LogP contribution in [0.1, 0.15) is 65.5 Å². The molecule has 2 N–H and O–H groups in total. The van der Waals surface area contributed by atoms with E-state index in [1.165, 1.54) is 10.6 Å². The Kier molecular flexibility index (Phi) is 4.92. The second-order valence-corrected chi connectivity index (χ2v) is 8.46. The molecule has 164 valence electrons. The molecule has 0 radical (unpaired) electrons. The van der Waals surface area contributed by atoms with Crippen LogP contribution >= 0.6 is 0 Å². The van der Waals surface area contributed by atoms with Gasteiger partial charge in [-0.05, 0) is 38.2 Å². The third kappa shape index (κ3) is 3.32. The maximum Gasteiger partial charge on any atom is 0.354 e. The molecule has 0 aliphatic heterocycles. The van der Waals surface area contributed by atoms with Gasteiger partial charge in [0.1, 0.15) is 11.5 Å². The number of nitrogens with zero attached hydrogens (tertiary/aromatic N) is 3. The molecule has 0 amide bonds. The minimum atomic E-state index is -1.07. The fourth-order valence-electron chi connectivity index (χ4n) is 4.85. The summed E-state index contributed by atoms with van der Waals surface area (Å²) >= 11 is 0.